The number of benzene rings is 7. The fourth-order valence-corrected chi connectivity index (χ4v) is 9.92. The Morgan fingerprint density at radius 3 is 1.21 bits per heavy atom. The second kappa shape index (κ2) is 45.6. The number of aromatic amines is 1. The van der Waals surface area contributed by atoms with E-state index in [-0.39, 0.29) is 23.8 Å². The largest absolute Gasteiger partial charge is 0.368 e. The van der Waals surface area contributed by atoms with Crippen LogP contribution >= 0.6 is 11.3 Å². The highest BCUT2D eigenvalue weighted by Gasteiger charge is 2.17. The Morgan fingerprint density at radius 2 is 0.726 bits per heavy atom. The SMILES string of the molecule is CC.CC.CC.CC.CC.CC.CC.CC.Nc1nc(Nc2ccccc2)nn1-c1cc2ccccc2cn1.Nc1nc(Nc2ccccc2)nn1-c1nc2ccccc2[nH]1.Nc1nc(Nc2ccccc2)nn1-c1nccc2ccccc12.Nc1nc(Nc2ccccc2)nn1-c1ncnc2sccc12. The van der Waals surface area contributed by atoms with E-state index in [9.17, 15) is 0 Å². The number of para-hydroxylation sites is 6. The molecule has 16 aromatic rings. The number of H-pyrrole nitrogens is 1. The fourth-order valence-electron chi connectivity index (χ4n) is 9.19. The molecule has 0 unspecified atom stereocenters. The predicted octanol–water partition coefficient (Wildman–Crippen LogP) is 19.6. The zero-order valence-corrected chi connectivity index (χ0v) is 64.2. The van der Waals surface area contributed by atoms with Crippen molar-refractivity contribution in [2.75, 3.05) is 44.2 Å². The van der Waals surface area contributed by atoms with E-state index >= 15 is 0 Å². The van der Waals surface area contributed by atoms with Crippen LogP contribution in [0.15, 0.2) is 236 Å². The molecule has 552 valence electrons. The molecule has 0 aliphatic rings. The summed E-state index contributed by atoms with van der Waals surface area (Å²) in [4.78, 5) is 42.8. The highest BCUT2D eigenvalue weighted by molar-refractivity contribution is 7.16. The van der Waals surface area contributed by atoms with Gasteiger partial charge in [-0.25, -0.2) is 24.9 Å². The molecular formula is C79H100N26S. The Balaban J connectivity index is 0.000000238. The Labute approximate surface area is 625 Å². The van der Waals surface area contributed by atoms with Crippen molar-refractivity contribution in [3.8, 4) is 23.4 Å². The van der Waals surface area contributed by atoms with Crippen molar-refractivity contribution in [1.82, 2.24) is 89.0 Å². The maximum Gasteiger partial charge on any atom is 0.248 e. The summed E-state index contributed by atoms with van der Waals surface area (Å²) in [6, 6.07) is 68.3. The third kappa shape index (κ3) is 22.9. The number of anilines is 12. The van der Waals surface area contributed by atoms with Gasteiger partial charge in [-0.2, -0.15) is 38.7 Å². The van der Waals surface area contributed by atoms with Crippen LogP contribution in [0.5, 0.6) is 0 Å². The van der Waals surface area contributed by atoms with Gasteiger partial charge in [0.25, 0.3) is 0 Å². The standard InChI is InChI=1S/2C17H14N6.C15H13N7.C14H11N7S.8C2H6/c18-16-21-17(20-14-8-2-1-3-9-14)22-23(16)15-10-12-6-4-5-7-13(12)11-19-15;18-16-21-17(20-13-7-2-1-3-8-13)22-23(16)15-14-9-5-4-6-12(14)10-11-19-15;16-13-20-14(17-10-6-2-1-3-7-10)21-22(13)15-18-11-8-4-5-9-12(11)19-15;15-13-19-14(18-9-4-2-1-3-5-9)20-21(13)11-10-6-7-22-12(10)17-8-16-11;8*1-2/h2*1-11H,(H3,18,20,21,22);1-9H,(H,18,19)(H3,16,17,20,21);1-8H,(H3,15,18,19,20);8*1-2H3. The fraction of sp³-hybridized carbons (Fsp3) is 0.203. The second-order valence-electron chi connectivity index (χ2n) is 19.4. The minimum absolute atomic E-state index is 0.262. The summed E-state index contributed by atoms with van der Waals surface area (Å²) in [5, 5.41) is 37.1. The Morgan fingerprint density at radius 1 is 0.340 bits per heavy atom. The van der Waals surface area contributed by atoms with Gasteiger partial charge in [-0.1, -0.05) is 244 Å². The molecule has 7 aromatic carbocycles. The number of pyridine rings is 2. The summed E-state index contributed by atoms with van der Waals surface area (Å²) < 4.78 is 6.07. The predicted molar refractivity (Wildman–Crippen MR) is 444 cm³/mol. The van der Waals surface area contributed by atoms with Crippen LogP contribution in [-0.2, 0) is 0 Å². The molecule has 0 amide bonds. The first kappa shape index (κ1) is 83.5. The molecule has 0 fully saturated rings. The van der Waals surface area contributed by atoms with Crippen LogP contribution in [0.2, 0.25) is 0 Å². The van der Waals surface area contributed by atoms with E-state index in [2.05, 4.69) is 91.5 Å². The molecule has 0 bridgehead atoms. The number of nitrogens with two attached hydrogens (primary N) is 4. The maximum absolute atomic E-state index is 6.03. The quantitative estimate of drug-likeness (QED) is 0.0548. The topological polar surface area (TPSA) is 355 Å². The average Bonchev–Trinajstić information content (AvgIpc) is 1.61. The smallest absolute Gasteiger partial charge is 0.248 e. The van der Waals surface area contributed by atoms with Gasteiger partial charge in [-0.05, 0) is 95.0 Å². The summed E-state index contributed by atoms with van der Waals surface area (Å²) in [5.74, 6) is 5.26. The number of hydrogen-bond donors (Lipinski definition) is 9. The van der Waals surface area contributed by atoms with Gasteiger partial charge in [0.05, 0.1) is 16.4 Å². The molecule has 9 aromatic heterocycles. The summed E-state index contributed by atoms with van der Waals surface area (Å²) >= 11 is 1.54. The van der Waals surface area contributed by atoms with E-state index in [1.807, 2.05) is 328 Å². The van der Waals surface area contributed by atoms with Gasteiger partial charge < -0.3 is 49.2 Å². The van der Waals surface area contributed by atoms with Crippen LogP contribution in [0.1, 0.15) is 111 Å². The molecule has 27 heteroatoms. The van der Waals surface area contributed by atoms with Crippen LogP contribution in [0.3, 0.4) is 0 Å². The number of nitrogens with one attached hydrogen (secondary N) is 5. The van der Waals surface area contributed by atoms with Crippen LogP contribution < -0.4 is 44.2 Å². The van der Waals surface area contributed by atoms with Crippen LogP contribution in [0.4, 0.5) is 70.3 Å². The van der Waals surface area contributed by atoms with E-state index in [1.54, 1.807) is 28.4 Å². The lowest BCUT2D eigenvalue weighted by atomic mass is 10.1. The summed E-state index contributed by atoms with van der Waals surface area (Å²) in [6.45, 7) is 32.0. The number of thiophene rings is 1. The van der Waals surface area contributed by atoms with Crippen LogP contribution in [0, 0.1) is 0 Å². The Hall–Kier alpha value is -13.2. The third-order valence-corrected chi connectivity index (χ3v) is 14.2. The van der Waals surface area contributed by atoms with E-state index in [4.69, 9.17) is 22.9 Å². The zero-order valence-electron chi connectivity index (χ0n) is 63.3. The molecule has 0 spiro atoms. The molecule has 13 N–H and O–H groups in total. The van der Waals surface area contributed by atoms with Gasteiger partial charge >= 0.3 is 0 Å². The molecule has 0 atom stereocenters. The van der Waals surface area contributed by atoms with Gasteiger partial charge in [0.1, 0.15) is 11.2 Å². The minimum atomic E-state index is 0.262. The van der Waals surface area contributed by atoms with E-state index in [0.717, 1.165) is 65.5 Å². The monoisotopic (exact) mass is 1440 g/mol. The first-order chi connectivity index (χ1) is 52.2. The first-order valence-corrected chi connectivity index (χ1v) is 36.6. The van der Waals surface area contributed by atoms with Crippen molar-refractivity contribution in [2.24, 2.45) is 0 Å². The highest BCUT2D eigenvalue weighted by Crippen LogP contribution is 2.27. The summed E-state index contributed by atoms with van der Waals surface area (Å²) in [7, 11) is 0. The molecule has 0 aliphatic carbocycles. The second-order valence-corrected chi connectivity index (χ2v) is 20.3. The van der Waals surface area contributed by atoms with Gasteiger partial charge in [-0.3, -0.25) is 0 Å². The molecule has 26 nitrogen and oxygen atoms in total. The molecular weight excluding hydrogens is 1350 g/mol. The van der Waals surface area contributed by atoms with Crippen LogP contribution in [-0.4, -0.2) is 89.0 Å². The van der Waals surface area contributed by atoms with Crippen molar-refractivity contribution < 1.29 is 0 Å². The average molecular weight is 1450 g/mol. The van der Waals surface area contributed by atoms with Crippen molar-refractivity contribution in [3.63, 3.8) is 0 Å². The number of rotatable bonds is 12. The van der Waals surface area contributed by atoms with Crippen molar-refractivity contribution in [2.45, 2.75) is 111 Å². The molecule has 106 heavy (non-hydrogen) atoms. The highest BCUT2D eigenvalue weighted by atomic mass is 32.1. The number of fused-ring (bicyclic) bond motifs is 4. The molecule has 16 rings (SSSR count). The normalized spacial score (nSPS) is 9.66. The number of hydrogen-bond acceptors (Lipinski definition) is 22. The van der Waals surface area contributed by atoms with Gasteiger partial charge in [0.15, 0.2) is 17.5 Å². The lowest BCUT2D eigenvalue weighted by Gasteiger charge is -2.05. The van der Waals surface area contributed by atoms with Crippen molar-refractivity contribution >= 4 is 124 Å². The van der Waals surface area contributed by atoms with Crippen LogP contribution in [0.25, 0.3) is 66.2 Å². The summed E-state index contributed by atoms with van der Waals surface area (Å²) in [6.07, 6.45) is 5.04. The Bertz CT molecular complexity index is 5010. The van der Waals surface area contributed by atoms with Gasteiger partial charge in [0.2, 0.25) is 53.5 Å². The van der Waals surface area contributed by atoms with E-state index in [1.165, 1.54) is 20.4 Å². The van der Waals surface area contributed by atoms with E-state index in [0.29, 0.717) is 47.2 Å². The minimum Gasteiger partial charge on any atom is -0.368 e. The zero-order chi connectivity index (χ0) is 77.2. The van der Waals surface area contributed by atoms with Crippen molar-refractivity contribution in [1.29, 1.82) is 0 Å². The molecule has 0 radical (unpaired) electrons. The number of nitrogens with zero attached hydrogens (tertiary/aromatic N) is 17. The lowest BCUT2D eigenvalue weighted by Crippen LogP contribution is -2.05. The molecule has 0 saturated heterocycles. The number of nitrogen functional groups attached to an aromatic ring is 4. The van der Waals surface area contributed by atoms with Gasteiger partial charge in [-0.15, -0.1) is 31.7 Å². The first-order valence-electron chi connectivity index (χ1n) is 35.7. The molecule has 0 saturated carbocycles. The number of aromatic nitrogens is 18. The van der Waals surface area contributed by atoms with E-state index < -0.39 is 0 Å². The molecule has 0 aliphatic heterocycles. The van der Waals surface area contributed by atoms with Crippen molar-refractivity contribution in [3.05, 3.63) is 236 Å². The summed E-state index contributed by atoms with van der Waals surface area (Å²) in [5.41, 5.74) is 29.3. The van der Waals surface area contributed by atoms with Gasteiger partial charge in [0, 0.05) is 45.9 Å². The molecule has 9 heterocycles. The third-order valence-electron chi connectivity index (χ3n) is 13.4. The maximum atomic E-state index is 6.03. The Kier molecular flexibility index (Phi) is 36.0. The lowest BCUT2D eigenvalue weighted by molar-refractivity contribution is 0.841. The number of imidazole rings is 1.